The molecule has 106 valence electrons. The monoisotopic (exact) mass is 318 g/mol. The average molecular weight is 319 g/mol. The number of carbonyl (C=O) groups is 1. The average Bonchev–Trinajstić information content (AvgIpc) is 3.08. The highest BCUT2D eigenvalue weighted by Gasteiger charge is 2.11. The Bertz CT molecular complexity index is 796. The largest absolute Gasteiger partial charge is 0.298 e. The van der Waals surface area contributed by atoms with Gasteiger partial charge in [-0.05, 0) is 25.1 Å². The van der Waals surface area contributed by atoms with E-state index in [9.17, 15) is 4.79 Å². The third-order valence-corrected chi connectivity index (χ3v) is 3.87. The molecule has 0 saturated carbocycles. The molecule has 7 heteroatoms. The van der Waals surface area contributed by atoms with Gasteiger partial charge in [0.1, 0.15) is 0 Å². The second-order valence-electron chi connectivity index (χ2n) is 4.40. The lowest BCUT2D eigenvalue weighted by molar-refractivity contribution is 0.102. The highest BCUT2D eigenvalue weighted by Crippen LogP contribution is 2.17. The van der Waals surface area contributed by atoms with Crippen molar-refractivity contribution in [3.63, 3.8) is 0 Å². The van der Waals surface area contributed by atoms with E-state index in [4.69, 9.17) is 11.6 Å². The standard InChI is InChI=1S/C14H11ClN4OS/c1-9-8-21-14(17-9)18-13(20)10-6-16-19(7-10)12-4-2-3-11(15)5-12/h2-8H,1H3,(H,17,18,20). The molecule has 2 aromatic heterocycles. The Morgan fingerprint density at radius 2 is 2.29 bits per heavy atom. The van der Waals surface area contributed by atoms with Crippen LogP contribution in [0.25, 0.3) is 5.69 Å². The number of aromatic nitrogens is 3. The van der Waals surface area contributed by atoms with E-state index in [-0.39, 0.29) is 5.91 Å². The number of nitrogens with zero attached hydrogens (tertiary/aromatic N) is 3. The van der Waals surface area contributed by atoms with Crippen molar-refractivity contribution < 1.29 is 4.79 Å². The first-order valence-electron chi connectivity index (χ1n) is 6.16. The van der Waals surface area contributed by atoms with Crippen LogP contribution in [-0.2, 0) is 0 Å². The van der Waals surface area contributed by atoms with Crippen molar-refractivity contribution in [1.29, 1.82) is 0 Å². The van der Waals surface area contributed by atoms with Crippen molar-refractivity contribution in [3.8, 4) is 5.69 Å². The van der Waals surface area contributed by atoms with Crippen LogP contribution in [-0.4, -0.2) is 20.7 Å². The number of thiazole rings is 1. The van der Waals surface area contributed by atoms with E-state index in [0.717, 1.165) is 11.4 Å². The molecule has 5 nitrogen and oxygen atoms in total. The molecular weight excluding hydrogens is 308 g/mol. The molecule has 3 aromatic rings. The van der Waals surface area contributed by atoms with Crippen LogP contribution in [0.15, 0.2) is 42.0 Å². The first-order valence-corrected chi connectivity index (χ1v) is 7.42. The number of benzene rings is 1. The topological polar surface area (TPSA) is 59.8 Å². The Balaban J connectivity index is 1.80. The van der Waals surface area contributed by atoms with Gasteiger partial charge in [-0.15, -0.1) is 11.3 Å². The molecule has 1 aromatic carbocycles. The van der Waals surface area contributed by atoms with Crippen molar-refractivity contribution in [2.75, 3.05) is 5.32 Å². The van der Waals surface area contributed by atoms with Gasteiger partial charge in [-0.3, -0.25) is 10.1 Å². The fourth-order valence-corrected chi connectivity index (χ4v) is 2.65. The highest BCUT2D eigenvalue weighted by atomic mass is 35.5. The minimum atomic E-state index is -0.238. The summed E-state index contributed by atoms with van der Waals surface area (Å²) in [5, 5.41) is 9.99. The van der Waals surface area contributed by atoms with Crippen molar-refractivity contribution in [2.45, 2.75) is 6.92 Å². The number of hydrogen-bond donors (Lipinski definition) is 1. The second-order valence-corrected chi connectivity index (χ2v) is 5.70. The third kappa shape index (κ3) is 3.12. The van der Waals surface area contributed by atoms with E-state index in [2.05, 4.69) is 15.4 Å². The Morgan fingerprint density at radius 1 is 1.43 bits per heavy atom. The minimum absolute atomic E-state index is 0.238. The third-order valence-electron chi connectivity index (χ3n) is 2.76. The smallest absolute Gasteiger partial charge is 0.260 e. The zero-order valence-corrected chi connectivity index (χ0v) is 12.6. The summed E-state index contributed by atoms with van der Waals surface area (Å²) in [6.45, 7) is 1.88. The zero-order chi connectivity index (χ0) is 14.8. The van der Waals surface area contributed by atoms with Gasteiger partial charge in [-0.25, -0.2) is 9.67 Å². The SMILES string of the molecule is Cc1csc(NC(=O)c2cnn(-c3cccc(Cl)c3)c2)n1. The van der Waals surface area contributed by atoms with E-state index >= 15 is 0 Å². The lowest BCUT2D eigenvalue weighted by atomic mass is 10.3. The van der Waals surface area contributed by atoms with Gasteiger partial charge in [0.25, 0.3) is 5.91 Å². The number of amides is 1. The van der Waals surface area contributed by atoms with E-state index in [0.29, 0.717) is 15.7 Å². The summed E-state index contributed by atoms with van der Waals surface area (Å²) in [6.07, 6.45) is 3.16. The fraction of sp³-hybridized carbons (Fsp3) is 0.0714. The maximum Gasteiger partial charge on any atom is 0.260 e. The molecule has 0 spiro atoms. The van der Waals surface area contributed by atoms with Crippen LogP contribution >= 0.6 is 22.9 Å². The van der Waals surface area contributed by atoms with Gasteiger partial charge >= 0.3 is 0 Å². The van der Waals surface area contributed by atoms with Crippen LogP contribution in [0.4, 0.5) is 5.13 Å². The van der Waals surface area contributed by atoms with Gasteiger partial charge in [-0.2, -0.15) is 5.10 Å². The predicted molar refractivity (Wildman–Crippen MR) is 83.4 cm³/mol. The molecule has 0 aliphatic heterocycles. The van der Waals surface area contributed by atoms with E-state index in [1.54, 1.807) is 23.0 Å². The number of anilines is 1. The number of nitrogens with one attached hydrogen (secondary N) is 1. The number of hydrogen-bond acceptors (Lipinski definition) is 4. The predicted octanol–water partition coefficient (Wildman–Crippen LogP) is 3.54. The molecule has 21 heavy (non-hydrogen) atoms. The summed E-state index contributed by atoms with van der Waals surface area (Å²) >= 11 is 7.34. The molecule has 0 aliphatic rings. The summed E-state index contributed by atoms with van der Waals surface area (Å²) in [7, 11) is 0. The van der Waals surface area contributed by atoms with Crippen LogP contribution in [0.1, 0.15) is 16.1 Å². The van der Waals surface area contributed by atoms with Gasteiger partial charge in [0.05, 0.1) is 23.1 Å². The van der Waals surface area contributed by atoms with E-state index in [1.807, 2.05) is 24.4 Å². The number of carbonyl (C=O) groups excluding carboxylic acids is 1. The summed E-state index contributed by atoms with van der Waals surface area (Å²) < 4.78 is 1.61. The molecule has 0 unspecified atom stereocenters. The molecule has 0 atom stereocenters. The Hall–Kier alpha value is -2.18. The summed E-state index contributed by atoms with van der Waals surface area (Å²) in [5.74, 6) is -0.238. The van der Waals surface area contributed by atoms with Crippen LogP contribution in [0, 0.1) is 6.92 Å². The number of halogens is 1. The van der Waals surface area contributed by atoms with Crippen molar-refractivity contribution in [2.24, 2.45) is 0 Å². The fourth-order valence-electron chi connectivity index (χ4n) is 1.78. The molecule has 1 N–H and O–H groups in total. The molecule has 0 saturated heterocycles. The molecule has 3 rings (SSSR count). The Morgan fingerprint density at radius 3 is 3.00 bits per heavy atom. The summed E-state index contributed by atoms with van der Waals surface area (Å²) in [5.41, 5.74) is 2.14. The van der Waals surface area contributed by atoms with Crippen LogP contribution in [0.2, 0.25) is 5.02 Å². The normalized spacial score (nSPS) is 10.6. The van der Waals surface area contributed by atoms with Crippen LogP contribution in [0.5, 0.6) is 0 Å². The van der Waals surface area contributed by atoms with Gasteiger partial charge in [0.2, 0.25) is 0 Å². The highest BCUT2D eigenvalue weighted by molar-refractivity contribution is 7.13. The maximum atomic E-state index is 12.1. The second kappa shape index (κ2) is 5.67. The lowest BCUT2D eigenvalue weighted by Crippen LogP contribution is -2.10. The van der Waals surface area contributed by atoms with Crippen molar-refractivity contribution >= 4 is 34.0 Å². The van der Waals surface area contributed by atoms with E-state index in [1.165, 1.54) is 17.5 Å². The molecular formula is C14H11ClN4OS. The number of aryl methyl sites for hydroxylation is 1. The Kier molecular flexibility index (Phi) is 3.72. The van der Waals surface area contributed by atoms with Gasteiger partial charge in [0.15, 0.2) is 5.13 Å². The van der Waals surface area contributed by atoms with Gasteiger partial charge in [0, 0.05) is 16.6 Å². The molecule has 0 bridgehead atoms. The molecule has 2 heterocycles. The first-order chi connectivity index (χ1) is 10.1. The lowest BCUT2D eigenvalue weighted by Gasteiger charge is -2.01. The van der Waals surface area contributed by atoms with Crippen LogP contribution in [0.3, 0.4) is 0 Å². The maximum absolute atomic E-state index is 12.1. The summed E-state index contributed by atoms with van der Waals surface area (Å²) in [4.78, 5) is 16.3. The Labute approximate surface area is 130 Å². The van der Waals surface area contributed by atoms with Gasteiger partial charge in [-0.1, -0.05) is 17.7 Å². The van der Waals surface area contributed by atoms with Crippen molar-refractivity contribution in [1.82, 2.24) is 14.8 Å². The molecule has 0 fully saturated rings. The first kappa shape index (κ1) is 13.8. The zero-order valence-electron chi connectivity index (χ0n) is 11.1. The van der Waals surface area contributed by atoms with Gasteiger partial charge < -0.3 is 0 Å². The molecule has 0 radical (unpaired) electrons. The molecule has 0 aliphatic carbocycles. The quantitative estimate of drug-likeness (QED) is 0.803. The molecule has 1 amide bonds. The number of rotatable bonds is 3. The van der Waals surface area contributed by atoms with Crippen molar-refractivity contribution in [3.05, 3.63) is 58.3 Å². The minimum Gasteiger partial charge on any atom is -0.298 e. The van der Waals surface area contributed by atoms with Crippen LogP contribution < -0.4 is 5.32 Å². The summed E-state index contributed by atoms with van der Waals surface area (Å²) in [6, 6.07) is 7.26. The van der Waals surface area contributed by atoms with E-state index < -0.39 is 0 Å².